The number of ether oxygens (including phenoxy) is 1. The highest BCUT2D eigenvalue weighted by molar-refractivity contribution is 5.67. The SMILES string of the molecule is CC(C)C1(C)CCCN(C(=O)OCc2ccccc2)CC1. The summed E-state index contributed by atoms with van der Waals surface area (Å²) in [5.41, 5.74) is 1.38. The van der Waals surface area contributed by atoms with Gasteiger partial charge in [0.25, 0.3) is 0 Å². The first-order chi connectivity index (χ1) is 10.0. The molecule has 1 aliphatic rings. The Hall–Kier alpha value is -1.51. The fraction of sp³-hybridized carbons (Fsp3) is 0.611. The van der Waals surface area contributed by atoms with Crippen LogP contribution in [0.1, 0.15) is 45.6 Å². The van der Waals surface area contributed by atoms with Crippen LogP contribution < -0.4 is 0 Å². The Morgan fingerprint density at radius 2 is 1.95 bits per heavy atom. The van der Waals surface area contributed by atoms with Crippen LogP contribution in [0.4, 0.5) is 4.79 Å². The topological polar surface area (TPSA) is 29.5 Å². The molecule has 0 radical (unpaired) electrons. The maximum atomic E-state index is 12.2. The Morgan fingerprint density at radius 1 is 1.24 bits per heavy atom. The van der Waals surface area contributed by atoms with E-state index in [9.17, 15) is 4.79 Å². The van der Waals surface area contributed by atoms with Gasteiger partial charge in [-0.05, 0) is 36.2 Å². The molecule has 1 fully saturated rings. The number of hydrogen-bond donors (Lipinski definition) is 0. The van der Waals surface area contributed by atoms with Gasteiger partial charge in [0.05, 0.1) is 0 Å². The van der Waals surface area contributed by atoms with Crippen LogP contribution in [0.3, 0.4) is 0 Å². The molecule has 1 amide bonds. The molecule has 3 nitrogen and oxygen atoms in total. The Kier molecular flexibility index (Phi) is 5.27. The molecular formula is C18H27NO2. The van der Waals surface area contributed by atoms with Crippen LogP contribution in [0.5, 0.6) is 0 Å². The van der Waals surface area contributed by atoms with Crippen LogP contribution in [-0.4, -0.2) is 24.1 Å². The van der Waals surface area contributed by atoms with Crippen LogP contribution in [0.25, 0.3) is 0 Å². The quantitative estimate of drug-likeness (QED) is 0.821. The monoisotopic (exact) mass is 289 g/mol. The molecule has 1 heterocycles. The predicted octanol–water partition coefficient (Wildman–Crippen LogP) is 4.47. The molecule has 0 bridgehead atoms. The molecule has 1 unspecified atom stereocenters. The summed E-state index contributed by atoms with van der Waals surface area (Å²) in [4.78, 5) is 14.1. The smallest absolute Gasteiger partial charge is 0.410 e. The van der Waals surface area contributed by atoms with Crippen LogP contribution in [0.15, 0.2) is 30.3 Å². The highest BCUT2D eigenvalue weighted by atomic mass is 16.6. The van der Waals surface area contributed by atoms with E-state index < -0.39 is 0 Å². The van der Waals surface area contributed by atoms with Gasteiger partial charge in [0.2, 0.25) is 0 Å². The second-order valence-electron chi connectivity index (χ2n) is 6.69. The van der Waals surface area contributed by atoms with E-state index in [2.05, 4.69) is 20.8 Å². The molecule has 1 atom stereocenters. The molecule has 1 aromatic rings. The van der Waals surface area contributed by atoms with E-state index in [1.165, 1.54) is 6.42 Å². The van der Waals surface area contributed by atoms with Crippen LogP contribution in [0, 0.1) is 11.3 Å². The van der Waals surface area contributed by atoms with Gasteiger partial charge in [0.1, 0.15) is 6.61 Å². The van der Waals surface area contributed by atoms with Crippen molar-refractivity contribution in [3.05, 3.63) is 35.9 Å². The summed E-state index contributed by atoms with van der Waals surface area (Å²) in [5, 5.41) is 0. The molecular weight excluding hydrogens is 262 g/mol. The number of benzene rings is 1. The fourth-order valence-electron chi connectivity index (χ4n) is 2.87. The van der Waals surface area contributed by atoms with Gasteiger partial charge in [-0.25, -0.2) is 4.79 Å². The third kappa shape index (κ3) is 4.23. The third-order valence-corrected chi connectivity index (χ3v) is 4.99. The Bertz CT molecular complexity index is 458. The zero-order chi connectivity index (χ0) is 15.3. The van der Waals surface area contributed by atoms with Crippen LogP contribution in [0.2, 0.25) is 0 Å². The van der Waals surface area contributed by atoms with Gasteiger partial charge < -0.3 is 9.64 Å². The Morgan fingerprint density at radius 3 is 2.62 bits per heavy atom. The lowest BCUT2D eigenvalue weighted by Gasteiger charge is -2.32. The number of nitrogens with zero attached hydrogens (tertiary/aromatic N) is 1. The minimum absolute atomic E-state index is 0.174. The third-order valence-electron chi connectivity index (χ3n) is 4.99. The molecule has 0 saturated carbocycles. The van der Waals surface area contributed by atoms with Crippen LogP contribution in [-0.2, 0) is 11.3 Å². The molecule has 1 aliphatic heterocycles. The first-order valence-corrected chi connectivity index (χ1v) is 7.97. The molecule has 21 heavy (non-hydrogen) atoms. The molecule has 0 spiro atoms. The number of amides is 1. The van der Waals surface area contributed by atoms with Crippen molar-refractivity contribution in [3.63, 3.8) is 0 Å². The van der Waals surface area contributed by atoms with E-state index >= 15 is 0 Å². The van der Waals surface area contributed by atoms with Crippen molar-refractivity contribution >= 4 is 6.09 Å². The van der Waals surface area contributed by atoms with E-state index in [1.54, 1.807) is 0 Å². The average Bonchev–Trinajstić information content (AvgIpc) is 2.69. The summed E-state index contributed by atoms with van der Waals surface area (Å²) < 4.78 is 5.44. The fourth-order valence-corrected chi connectivity index (χ4v) is 2.87. The number of carbonyl (C=O) groups is 1. The zero-order valence-electron chi connectivity index (χ0n) is 13.5. The summed E-state index contributed by atoms with van der Waals surface area (Å²) >= 11 is 0. The summed E-state index contributed by atoms with van der Waals surface area (Å²) in [5.74, 6) is 0.651. The summed E-state index contributed by atoms with van der Waals surface area (Å²) in [7, 11) is 0. The standard InChI is InChI=1S/C18H27NO2/c1-15(2)18(3)10-7-12-19(13-11-18)17(20)21-14-16-8-5-4-6-9-16/h4-6,8-9,15H,7,10-14H2,1-3H3. The highest BCUT2D eigenvalue weighted by Gasteiger charge is 2.32. The first kappa shape index (κ1) is 15.9. The van der Waals surface area contributed by atoms with Crippen LogP contribution >= 0.6 is 0 Å². The number of rotatable bonds is 3. The first-order valence-electron chi connectivity index (χ1n) is 7.97. The second kappa shape index (κ2) is 6.97. The highest BCUT2D eigenvalue weighted by Crippen LogP contribution is 2.38. The summed E-state index contributed by atoms with van der Waals surface area (Å²) in [6, 6.07) is 9.84. The average molecular weight is 289 g/mol. The molecule has 1 saturated heterocycles. The van der Waals surface area contributed by atoms with Crippen molar-refractivity contribution in [1.29, 1.82) is 0 Å². The van der Waals surface area contributed by atoms with Crippen molar-refractivity contribution < 1.29 is 9.53 Å². The van der Waals surface area contributed by atoms with Gasteiger partial charge in [-0.3, -0.25) is 0 Å². The lowest BCUT2D eigenvalue weighted by molar-refractivity contribution is 0.0947. The van der Waals surface area contributed by atoms with Gasteiger partial charge >= 0.3 is 6.09 Å². The maximum Gasteiger partial charge on any atom is 0.410 e. The number of hydrogen-bond acceptors (Lipinski definition) is 2. The van der Waals surface area contributed by atoms with E-state index in [0.29, 0.717) is 17.9 Å². The van der Waals surface area contributed by atoms with Gasteiger partial charge in [-0.1, -0.05) is 51.1 Å². The van der Waals surface area contributed by atoms with Crippen molar-refractivity contribution in [2.45, 2.75) is 46.6 Å². The molecule has 1 aromatic carbocycles. The molecule has 3 heteroatoms. The zero-order valence-corrected chi connectivity index (χ0v) is 13.5. The Labute approximate surface area is 128 Å². The van der Waals surface area contributed by atoms with E-state index in [0.717, 1.165) is 31.5 Å². The molecule has 0 aliphatic carbocycles. The molecule has 2 rings (SSSR count). The normalized spacial score (nSPS) is 23.0. The van der Waals surface area contributed by atoms with E-state index in [1.807, 2.05) is 35.2 Å². The molecule has 0 aromatic heterocycles. The molecule has 0 N–H and O–H groups in total. The maximum absolute atomic E-state index is 12.2. The summed E-state index contributed by atoms with van der Waals surface area (Å²) in [6.07, 6.45) is 3.14. The van der Waals surface area contributed by atoms with Gasteiger partial charge in [-0.2, -0.15) is 0 Å². The number of likely N-dealkylation sites (tertiary alicyclic amines) is 1. The van der Waals surface area contributed by atoms with Crippen molar-refractivity contribution in [2.75, 3.05) is 13.1 Å². The van der Waals surface area contributed by atoms with Gasteiger partial charge in [0.15, 0.2) is 0 Å². The van der Waals surface area contributed by atoms with Crippen molar-refractivity contribution in [3.8, 4) is 0 Å². The minimum atomic E-state index is -0.174. The minimum Gasteiger partial charge on any atom is -0.445 e. The van der Waals surface area contributed by atoms with Gasteiger partial charge in [0, 0.05) is 13.1 Å². The largest absolute Gasteiger partial charge is 0.445 e. The summed E-state index contributed by atoms with van der Waals surface area (Å²) in [6.45, 7) is 8.89. The lowest BCUT2D eigenvalue weighted by atomic mass is 9.73. The predicted molar refractivity (Wildman–Crippen MR) is 85.0 cm³/mol. The van der Waals surface area contributed by atoms with E-state index in [-0.39, 0.29) is 6.09 Å². The second-order valence-corrected chi connectivity index (χ2v) is 6.69. The number of carbonyl (C=O) groups excluding carboxylic acids is 1. The van der Waals surface area contributed by atoms with Crippen molar-refractivity contribution in [1.82, 2.24) is 4.90 Å². The van der Waals surface area contributed by atoms with Gasteiger partial charge in [-0.15, -0.1) is 0 Å². The molecule has 116 valence electrons. The Balaban J connectivity index is 1.86. The van der Waals surface area contributed by atoms with Crippen molar-refractivity contribution in [2.24, 2.45) is 11.3 Å². The van der Waals surface area contributed by atoms with E-state index in [4.69, 9.17) is 4.74 Å². The lowest BCUT2D eigenvalue weighted by Crippen LogP contribution is -2.33.